The quantitative estimate of drug-likeness (QED) is 0.559. The fourth-order valence-electron chi connectivity index (χ4n) is 4.29. The Bertz CT molecular complexity index is 1160. The van der Waals surface area contributed by atoms with E-state index in [2.05, 4.69) is 14.9 Å². The highest BCUT2D eigenvalue weighted by molar-refractivity contribution is 5.98. The lowest BCUT2D eigenvalue weighted by molar-refractivity contribution is 0.0324. The topological polar surface area (TPSA) is 78.8 Å². The molecule has 0 saturated heterocycles. The molecule has 1 amide bonds. The van der Waals surface area contributed by atoms with Crippen molar-refractivity contribution in [2.24, 2.45) is 5.92 Å². The Morgan fingerprint density at radius 3 is 2.74 bits per heavy atom. The third-order valence-electron chi connectivity index (χ3n) is 6.33. The Balaban J connectivity index is 1.66. The SMILES string of the molecule is C[C@@H]1CN([C@@H](C)CO)C(=O)c2cc(-c3cccc(F)c3)cnc2O[C@@H]1CN(C)Cc1ccccn1. The average molecular weight is 479 g/mol. The van der Waals surface area contributed by atoms with Crippen molar-refractivity contribution >= 4 is 5.91 Å². The number of benzene rings is 1. The molecule has 35 heavy (non-hydrogen) atoms. The molecular formula is C27H31FN4O3. The molecule has 3 heterocycles. The zero-order valence-electron chi connectivity index (χ0n) is 20.3. The number of likely N-dealkylation sites (N-methyl/N-ethyl adjacent to an activating group) is 1. The standard InChI is InChI=1S/C27H31FN4O3/c1-18-14-32(19(2)17-33)27(34)24-12-21(20-7-6-8-22(28)11-20)13-30-26(24)35-25(18)16-31(3)15-23-9-4-5-10-29-23/h4-13,18-19,25,33H,14-17H2,1-3H3/t18-,19+,25-/m1/s1. The van der Waals surface area contributed by atoms with Crippen molar-refractivity contribution in [3.05, 3.63) is 78.0 Å². The average Bonchev–Trinajstić information content (AvgIpc) is 2.86. The molecule has 0 saturated carbocycles. The first-order chi connectivity index (χ1) is 16.9. The van der Waals surface area contributed by atoms with E-state index in [1.165, 1.54) is 12.1 Å². The largest absolute Gasteiger partial charge is 0.472 e. The molecule has 3 atom stereocenters. The van der Waals surface area contributed by atoms with Crippen LogP contribution in [0, 0.1) is 11.7 Å². The van der Waals surface area contributed by atoms with E-state index in [4.69, 9.17) is 4.74 Å². The summed E-state index contributed by atoms with van der Waals surface area (Å²) in [5.41, 5.74) is 2.50. The van der Waals surface area contributed by atoms with Crippen LogP contribution < -0.4 is 4.74 Å². The van der Waals surface area contributed by atoms with Crippen molar-refractivity contribution in [2.75, 3.05) is 26.7 Å². The van der Waals surface area contributed by atoms with E-state index in [0.29, 0.717) is 36.3 Å². The molecule has 0 fully saturated rings. The number of carbonyl (C=O) groups excluding carboxylic acids is 1. The predicted octanol–water partition coefficient (Wildman–Crippen LogP) is 3.63. The number of aliphatic hydroxyl groups is 1. The van der Waals surface area contributed by atoms with Gasteiger partial charge in [-0.25, -0.2) is 9.37 Å². The van der Waals surface area contributed by atoms with Gasteiger partial charge in [0.1, 0.15) is 17.5 Å². The van der Waals surface area contributed by atoms with Crippen molar-refractivity contribution in [1.29, 1.82) is 0 Å². The molecule has 7 nitrogen and oxygen atoms in total. The van der Waals surface area contributed by atoms with Crippen molar-refractivity contribution in [3.8, 4) is 17.0 Å². The van der Waals surface area contributed by atoms with Gasteiger partial charge in [-0.05, 0) is 49.9 Å². The summed E-state index contributed by atoms with van der Waals surface area (Å²) >= 11 is 0. The summed E-state index contributed by atoms with van der Waals surface area (Å²) in [6.45, 7) is 5.37. The number of ether oxygens (including phenoxy) is 1. The Hall–Kier alpha value is -3.36. The minimum Gasteiger partial charge on any atom is -0.472 e. The van der Waals surface area contributed by atoms with Crippen molar-refractivity contribution in [1.82, 2.24) is 19.8 Å². The highest BCUT2D eigenvalue weighted by atomic mass is 19.1. The number of halogens is 1. The molecule has 2 aromatic heterocycles. The second-order valence-corrected chi connectivity index (χ2v) is 9.23. The molecule has 3 aromatic rings. The van der Waals surface area contributed by atoms with Gasteiger partial charge >= 0.3 is 0 Å². The number of hydrogen-bond acceptors (Lipinski definition) is 6. The third-order valence-corrected chi connectivity index (χ3v) is 6.33. The normalized spacial score (nSPS) is 19.0. The number of hydrogen-bond donors (Lipinski definition) is 1. The summed E-state index contributed by atoms with van der Waals surface area (Å²) < 4.78 is 20.2. The highest BCUT2D eigenvalue weighted by Gasteiger charge is 2.34. The first kappa shape index (κ1) is 24.8. The van der Waals surface area contributed by atoms with Gasteiger partial charge in [-0.1, -0.05) is 25.1 Å². The first-order valence-electron chi connectivity index (χ1n) is 11.8. The number of fused-ring (bicyclic) bond motifs is 1. The van der Waals surface area contributed by atoms with Gasteiger partial charge in [0.25, 0.3) is 5.91 Å². The molecule has 0 radical (unpaired) electrons. The Labute approximate surface area is 205 Å². The Morgan fingerprint density at radius 2 is 2.03 bits per heavy atom. The van der Waals surface area contributed by atoms with E-state index in [9.17, 15) is 14.3 Å². The van der Waals surface area contributed by atoms with Crippen LogP contribution in [-0.2, 0) is 6.54 Å². The van der Waals surface area contributed by atoms with Gasteiger partial charge in [0.15, 0.2) is 0 Å². The molecule has 0 unspecified atom stereocenters. The molecule has 4 rings (SSSR count). The number of rotatable bonds is 7. The monoisotopic (exact) mass is 478 g/mol. The van der Waals surface area contributed by atoms with Crippen LogP contribution in [0.15, 0.2) is 60.9 Å². The second kappa shape index (κ2) is 10.9. The zero-order valence-corrected chi connectivity index (χ0v) is 20.3. The third kappa shape index (κ3) is 5.83. The summed E-state index contributed by atoms with van der Waals surface area (Å²) in [4.78, 5) is 26.3. The smallest absolute Gasteiger partial charge is 0.259 e. The molecule has 0 bridgehead atoms. The van der Waals surface area contributed by atoms with Crippen LogP contribution in [-0.4, -0.2) is 69.7 Å². The lowest BCUT2D eigenvalue weighted by Crippen LogP contribution is -2.49. The van der Waals surface area contributed by atoms with Gasteiger partial charge < -0.3 is 14.7 Å². The van der Waals surface area contributed by atoms with Gasteiger partial charge in [-0.2, -0.15) is 0 Å². The number of carbonyl (C=O) groups is 1. The molecule has 1 aliphatic rings. The molecule has 1 aromatic carbocycles. The van der Waals surface area contributed by atoms with Crippen LogP contribution in [0.1, 0.15) is 29.9 Å². The zero-order chi connectivity index (χ0) is 24.9. The fraction of sp³-hybridized carbons (Fsp3) is 0.370. The summed E-state index contributed by atoms with van der Waals surface area (Å²) in [6.07, 6.45) is 3.12. The van der Waals surface area contributed by atoms with Crippen LogP contribution in [0.25, 0.3) is 11.1 Å². The lowest BCUT2D eigenvalue weighted by atomic mass is 9.99. The van der Waals surface area contributed by atoms with Crippen LogP contribution >= 0.6 is 0 Å². The highest BCUT2D eigenvalue weighted by Crippen LogP contribution is 2.30. The van der Waals surface area contributed by atoms with Gasteiger partial charge in [0, 0.05) is 43.5 Å². The van der Waals surface area contributed by atoms with Crippen LogP contribution in [0.3, 0.4) is 0 Å². The van der Waals surface area contributed by atoms with Gasteiger partial charge in [0.05, 0.1) is 18.3 Å². The minimum atomic E-state index is -0.374. The number of aliphatic hydroxyl groups excluding tert-OH is 1. The van der Waals surface area contributed by atoms with Gasteiger partial charge in [-0.15, -0.1) is 0 Å². The van der Waals surface area contributed by atoms with Crippen LogP contribution in [0.4, 0.5) is 4.39 Å². The van der Waals surface area contributed by atoms with Crippen molar-refractivity contribution in [2.45, 2.75) is 32.5 Å². The van der Waals surface area contributed by atoms with E-state index in [1.807, 2.05) is 39.1 Å². The Kier molecular flexibility index (Phi) is 7.73. The molecule has 1 aliphatic heterocycles. The maximum atomic E-state index is 13.8. The number of pyridine rings is 2. The van der Waals surface area contributed by atoms with E-state index >= 15 is 0 Å². The van der Waals surface area contributed by atoms with E-state index in [-0.39, 0.29) is 42.3 Å². The predicted molar refractivity (Wildman–Crippen MR) is 131 cm³/mol. The number of nitrogens with zero attached hydrogens (tertiary/aromatic N) is 4. The molecule has 0 spiro atoms. The summed E-state index contributed by atoms with van der Waals surface area (Å²) in [5.74, 6) is -0.401. The van der Waals surface area contributed by atoms with E-state index in [1.54, 1.807) is 35.5 Å². The molecule has 184 valence electrons. The summed E-state index contributed by atoms with van der Waals surface area (Å²) in [5, 5.41) is 9.84. The van der Waals surface area contributed by atoms with E-state index < -0.39 is 0 Å². The maximum absolute atomic E-state index is 13.8. The number of amides is 1. The molecule has 8 heteroatoms. The van der Waals surface area contributed by atoms with Crippen LogP contribution in [0.2, 0.25) is 0 Å². The maximum Gasteiger partial charge on any atom is 0.259 e. The van der Waals surface area contributed by atoms with E-state index in [0.717, 1.165) is 5.69 Å². The van der Waals surface area contributed by atoms with Crippen molar-refractivity contribution in [3.63, 3.8) is 0 Å². The molecule has 0 aliphatic carbocycles. The van der Waals surface area contributed by atoms with Gasteiger partial charge in [0.2, 0.25) is 5.88 Å². The fourth-order valence-corrected chi connectivity index (χ4v) is 4.29. The van der Waals surface area contributed by atoms with Crippen molar-refractivity contribution < 1.29 is 19.0 Å². The molecule has 1 N–H and O–H groups in total. The first-order valence-corrected chi connectivity index (χ1v) is 11.8. The Morgan fingerprint density at radius 1 is 1.20 bits per heavy atom. The summed E-state index contributed by atoms with van der Waals surface area (Å²) in [6, 6.07) is 13.3. The summed E-state index contributed by atoms with van der Waals surface area (Å²) in [7, 11) is 2.00. The van der Waals surface area contributed by atoms with Gasteiger partial charge in [-0.3, -0.25) is 14.7 Å². The second-order valence-electron chi connectivity index (χ2n) is 9.23. The minimum absolute atomic E-state index is 0.0167. The molecular weight excluding hydrogens is 447 g/mol. The lowest BCUT2D eigenvalue weighted by Gasteiger charge is -2.37. The number of aromatic nitrogens is 2. The van der Waals surface area contributed by atoms with Crippen LogP contribution in [0.5, 0.6) is 5.88 Å².